The van der Waals surface area contributed by atoms with Crippen LogP contribution in [0.2, 0.25) is 5.02 Å². The second kappa shape index (κ2) is 9.17. The van der Waals surface area contributed by atoms with Gasteiger partial charge in [0.2, 0.25) is 5.91 Å². The third-order valence-corrected chi connectivity index (χ3v) is 5.25. The molecule has 5 heteroatoms. The second-order valence-electron chi connectivity index (χ2n) is 6.66. The zero-order valence-electron chi connectivity index (χ0n) is 14.9. The van der Waals surface area contributed by atoms with Crippen molar-refractivity contribution in [1.29, 1.82) is 0 Å². The molecule has 0 aromatic heterocycles. The van der Waals surface area contributed by atoms with Crippen LogP contribution in [0.15, 0.2) is 54.6 Å². The summed E-state index contributed by atoms with van der Waals surface area (Å²) in [6.07, 6.45) is 0.450. The molecule has 4 nitrogen and oxygen atoms in total. The maximum absolute atomic E-state index is 12.9. The van der Waals surface area contributed by atoms with E-state index in [1.54, 1.807) is 0 Å². The Morgan fingerprint density at radius 3 is 2.19 bits per heavy atom. The van der Waals surface area contributed by atoms with Crippen molar-refractivity contribution in [3.63, 3.8) is 0 Å². The van der Waals surface area contributed by atoms with Crippen LogP contribution in [0.1, 0.15) is 23.5 Å². The molecular formula is C21H25ClN2O2. The van der Waals surface area contributed by atoms with Gasteiger partial charge in [-0.3, -0.25) is 9.69 Å². The summed E-state index contributed by atoms with van der Waals surface area (Å²) in [6, 6.07) is 17.9. The molecule has 1 aliphatic heterocycles. The van der Waals surface area contributed by atoms with Gasteiger partial charge in [-0.15, -0.1) is 0 Å². The van der Waals surface area contributed by atoms with Gasteiger partial charge in [-0.05, 0) is 23.3 Å². The van der Waals surface area contributed by atoms with Gasteiger partial charge in [0.1, 0.15) is 0 Å². The second-order valence-corrected chi connectivity index (χ2v) is 7.10. The van der Waals surface area contributed by atoms with Crippen LogP contribution in [0.3, 0.4) is 0 Å². The molecule has 1 amide bonds. The van der Waals surface area contributed by atoms with E-state index in [0.717, 1.165) is 37.3 Å². The number of hydrogen-bond donors (Lipinski definition) is 1. The topological polar surface area (TPSA) is 43.8 Å². The van der Waals surface area contributed by atoms with E-state index in [2.05, 4.69) is 17.0 Å². The number of aliphatic hydroxyl groups excluding tert-OH is 1. The van der Waals surface area contributed by atoms with Crippen molar-refractivity contribution in [1.82, 2.24) is 9.80 Å². The summed E-state index contributed by atoms with van der Waals surface area (Å²) in [7, 11) is 0. The SMILES string of the molecule is O=C(CC(c1ccccc1)c1ccc(Cl)cc1)N1CCN(CCO)CC1. The van der Waals surface area contributed by atoms with Gasteiger partial charge in [-0.25, -0.2) is 0 Å². The summed E-state index contributed by atoms with van der Waals surface area (Å²) in [4.78, 5) is 17.1. The number of carbonyl (C=O) groups excluding carboxylic acids is 1. The van der Waals surface area contributed by atoms with Crippen molar-refractivity contribution in [2.24, 2.45) is 0 Å². The van der Waals surface area contributed by atoms with Crippen LogP contribution in [-0.4, -0.2) is 60.1 Å². The van der Waals surface area contributed by atoms with Gasteiger partial charge >= 0.3 is 0 Å². The molecule has 1 fully saturated rings. The Morgan fingerprint density at radius 2 is 1.58 bits per heavy atom. The fourth-order valence-corrected chi connectivity index (χ4v) is 3.60. The minimum Gasteiger partial charge on any atom is -0.395 e. The van der Waals surface area contributed by atoms with Crippen LogP contribution in [0.4, 0.5) is 0 Å². The summed E-state index contributed by atoms with van der Waals surface area (Å²) in [6.45, 7) is 3.94. The van der Waals surface area contributed by atoms with E-state index in [1.807, 2.05) is 47.4 Å². The van der Waals surface area contributed by atoms with Crippen LogP contribution < -0.4 is 0 Å². The largest absolute Gasteiger partial charge is 0.395 e. The van der Waals surface area contributed by atoms with E-state index >= 15 is 0 Å². The Bertz CT molecular complexity index is 698. The van der Waals surface area contributed by atoms with Gasteiger partial charge in [0.05, 0.1) is 6.61 Å². The predicted octanol–water partition coefficient (Wildman–Crippen LogP) is 3.00. The third kappa shape index (κ3) is 4.85. The lowest BCUT2D eigenvalue weighted by Crippen LogP contribution is -2.49. The molecule has 1 N–H and O–H groups in total. The van der Waals surface area contributed by atoms with E-state index in [0.29, 0.717) is 18.0 Å². The number of carbonyl (C=O) groups is 1. The van der Waals surface area contributed by atoms with Gasteiger partial charge in [-0.2, -0.15) is 0 Å². The minimum atomic E-state index is 0.0245. The molecule has 1 unspecified atom stereocenters. The highest BCUT2D eigenvalue weighted by atomic mass is 35.5. The first-order valence-electron chi connectivity index (χ1n) is 9.09. The van der Waals surface area contributed by atoms with Crippen LogP contribution in [0.5, 0.6) is 0 Å². The molecule has 1 heterocycles. The van der Waals surface area contributed by atoms with Gasteiger partial charge in [0.25, 0.3) is 0 Å². The van der Waals surface area contributed by atoms with E-state index in [4.69, 9.17) is 16.7 Å². The standard InChI is InChI=1S/C21H25ClN2O2/c22-19-8-6-18(7-9-19)20(17-4-2-1-3-5-17)16-21(26)24-12-10-23(11-13-24)14-15-25/h1-9,20,25H,10-16H2. The lowest BCUT2D eigenvalue weighted by Gasteiger charge is -2.35. The van der Waals surface area contributed by atoms with Crippen LogP contribution in [-0.2, 0) is 4.79 Å². The highest BCUT2D eigenvalue weighted by molar-refractivity contribution is 6.30. The van der Waals surface area contributed by atoms with E-state index in [-0.39, 0.29) is 18.4 Å². The average molecular weight is 373 g/mol. The van der Waals surface area contributed by atoms with Crippen molar-refractivity contribution in [2.45, 2.75) is 12.3 Å². The van der Waals surface area contributed by atoms with Crippen LogP contribution in [0.25, 0.3) is 0 Å². The number of β-amino-alcohol motifs (C(OH)–C–C–N with tert-alkyl or cyclic N) is 1. The summed E-state index contributed by atoms with van der Waals surface area (Å²) in [5, 5.41) is 9.75. The lowest BCUT2D eigenvalue weighted by atomic mass is 9.88. The normalized spacial score (nSPS) is 16.5. The average Bonchev–Trinajstić information content (AvgIpc) is 2.68. The third-order valence-electron chi connectivity index (χ3n) is 4.99. The molecule has 1 atom stereocenters. The maximum Gasteiger partial charge on any atom is 0.223 e. The summed E-state index contributed by atoms with van der Waals surface area (Å²) in [5.74, 6) is 0.203. The molecule has 1 aliphatic rings. The molecule has 26 heavy (non-hydrogen) atoms. The van der Waals surface area contributed by atoms with Gasteiger partial charge in [-0.1, -0.05) is 54.1 Å². The molecule has 0 radical (unpaired) electrons. The van der Waals surface area contributed by atoms with Crippen molar-refractivity contribution in [2.75, 3.05) is 39.3 Å². The quantitative estimate of drug-likeness (QED) is 0.847. The number of aliphatic hydroxyl groups is 1. The van der Waals surface area contributed by atoms with Crippen molar-refractivity contribution >= 4 is 17.5 Å². The molecule has 0 spiro atoms. The van der Waals surface area contributed by atoms with E-state index in [9.17, 15) is 4.79 Å². The smallest absolute Gasteiger partial charge is 0.223 e. The highest BCUT2D eigenvalue weighted by Crippen LogP contribution is 2.29. The Labute approximate surface area is 160 Å². The van der Waals surface area contributed by atoms with E-state index in [1.165, 1.54) is 0 Å². The number of rotatable bonds is 6. The molecule has 1 saturated heterocycles. The van der Waals surface area contributed by atoms with Gasteiger partial charge < -0.3 is 10.0 Å². The summed E-state index contributed by atoms with van der Waals surface area (Å²) >= 11 is 6.03. The first-order valence-corrected chi connectivity index (χ1v) is 9.46. The zero-order valence-corrected chi connectivity index (χ0v) is 15.6. The minimum absolute atomic E-state index is 0.0245. The molecule has 3 rings (SSSR count). The first kappa shape index (κ1) is 18.9. The number of amides is 1. The molecule has 0 aliphatic carbocycles. The van der Waals surface area contributed by atoms with Crippen molar-refractivity contribution in [3.8, 4) is 0 Å². The Balaban J connectivity index is 1.72. The molecule has 0 saturated carbocycles. The summed E-state index contributed by atoms with van der Waals surface area (Å²) in [5.41, 5.74) is 2.25. The maximum atomic E-state index is 12.9. The fourth-order valence-electron chi connectivity index (χ4n) is 3.47. The highest BCUT2D eigenvalue weighted by Gasteiger charge is 2.25. The zero-order chi connectivity index (χ0) is 18.4. The monoisotopic (exact) mass is 372 g/mol. The Kier molecular flexibility index (Phi) is 6.67. The van der Waals surface area contributed by atoms with Crippen LogP contribution >= 0.6 is 11.6 Å². The molecular weight excluding hydrogens is 348 g/mol. The molecule has 2 aromatic rings. The molecule has 138 valence electrons. The summed E-state index contributed by atoms with van der Waals surface area (Å²) < 4.78 is 0. The van der Waals surface area contributed by atoms with Crippen molar-refractivity contribution < 1.29 is 9.90 Å². The molecule has 2 aromatic carbocycles. The Morgan fingerprint density at radius 1 is 0.962 bits per heavy atom. The van der Waals surface area contributed by atoms with Crippen LogP contribution in [0, 0.1) is 0 Å². The van der Waals surface area contributed by atoms with Gasteiger partial charge in [0.15, 0.2) is 0 Å². The predicted molar refractivity (Wildman–Crippen MR) is 104 cm³/mol. The number of hydrogen-bond acceptors (Lipinski definition) is 3. The molecule has 0 bridgehead atoms. The number of piperazine rings is 1. The van der Waals surface area contributed by atoms with Gasteiger partial charge in [0, 0.05) is 50.1 Å². The Hall–Kier alpha value is -1.88. The number of benzene rings is 2. The number of nitrogens with zero attached hydrogens (tertiary/aromatic N) is 2. The van der Waals surface area contributed by atoms with E-state index < -0.39 is 0 Å². The fraction of sp³-hybridized carbons (Fsp3) is 0.381. The van der Waals surface area contributed by atoms with Crippen molar-refractivity contribution in [3.05, 3.63) is 70.7 Å². The first-order chi connectivity index (χ1) is 12.7. The number of halogens is 1. The lowest BCUT2D eigenvalue weighted by molar-refractivity contribution is -0.133.